The normalized spacial score (nSPS) is 15.6. The summed E-state index contributed by atoms with van der Waals surface area (Å²) in [7, 11) is 1.98. The Morgan fingerprint density at radius 3 is 2.68 bits per heavy atom. The van der Waals surface area contributed by atoms with E-state index >= 15 is 0 Å². The lowest BCUT2D eigenvalue weighted by molar-refractivity contribution is -0.137. The van der Waals surface area contributed by atoms with Crippen molar-refractivity contribution in [2.75, 3.05) is 0 Å². The number of para-hydroxylation sites is 1. The minimum Gasteiger partial charge on any atom is -0.347 e. The fraction of sp³-hybridized carbons (Fsp3) is 0.238. The summed E-state index contributed by atoms with van der Waals surface area (Å²) in [6.45, 7) is 0. The number of aryl methyl sites for hydroxylation is 1. The van der Waals surface area contributed by atoms with Crippen molar-refractivity contribution in [3.63, 3.8) is 0 Å². The summed E-state index contributed by atoms with van der Waals surface area (Å²) < 4.78 is 40.6. The molecule has 0 bridgehead atoms. The molecule has 2 aromatic carbocycles. The molecule has 1 aliphatic carbocycles. The minimum atomic E-state index is -4.52. The van der Waals surface area contributed by atoms with Crippen LogP contribution >= 0.6 is 0 Å². The Bertz CT molecular complexity index is 1100. The Hall–Kier alpha value is -3.09. The summed E-state index contributed by atoms with van der Waals surface area (Å²) in [5, 5.41) is 5.05. The zero-order valence-corrected chi connectivity index (χ0v) is 15.1. The molecule has 7 heteroatoms. The summed E-state index contributed by atoms with van der Waals surface area (Å²) >= 11 is 0. The van der Waals surface area contributed by atoms with Gasteiger partial charge in [-0.15, -0.1) is 0 Å². The lowest BCUT2D eigenvalue weighted by Gasteiger charge is -2.15. The van der Waals surface area contributed by atoms with Crippen LogP contribution in [0.15, 0.2) is 53.7 Å². The van der Waals surface area contributed by atoms with Crippen LogP contribution in [0.4, 0.5) is 13.2 Å². The molecule has 0 unspecified atom stereocenters. The van der Waals surface area contributed by atoms with Gasteiger partial charge < -0.3 is 9.40 Å². The maximum atomic E-state index is 12.8. The molecule has 1 aromatic heterocycles. The van der Waals surface area contributed by atoms with E-state index in [1.807, 2.05) is 31.3 Å². The maximum Gasteiger partial charge on any atom is 0.416 e. The first-order valence-electron chi connectivity index (χ1n) is 8.88. The number of benzene rings is 2. The van der Waals surface area contributed by atoms with Gasteiger partial charge in [0, 0.05) is 29.2 Å². The molecule has 0 N–H and O–H groups in total. The number of halogens is 3. The number of alkyl halides is 3. The van der Waals surface area contributed by atoms with Crippen molar-refractivity contribution in [3.8, 4) is 0 Å². The van der Waals surface area contributed by atoms with Crippen molar-refractivity contribution < 1.29 is 22.8 Å². The van der Waals surface area contributed by atoms with Crippen molar-refractivity contribution in [1.29, 1.82) is 0 Å². The van der Waals surface area contributed by atoms with Gasteiger partial charge in [0.05, 0.1) is 16.8 Å². The van der Waals surface area contributed by atoms with Gasteiger partial charge in [-0.25, -0.2) is 4.79 Å². The highest BCUT2D eigenvalue weighted by molar-refractivity contribution is 6.13. The molecular formula is C21H17F3N2O2. The van der Waals surface area contributed by atoms with E-state index in [-0.39, 0.29) is 5.56 Å². The summed E-state index contributed by atoms with van der Waals surface area (Å²) in [5.41, 5.74) is 2.67. The molecule has 0 radical (unpaired) electrons. The molecule has 4 rings (SSSR count). The average molecular weight is 386 g/mol. The predicted octanol–water partition coefficient (Wildman–Crippen LogP) is 5.09. The fourth-order valence-electron chi connectivity index (χ4n) is 3.67. The Morgan fingerprint density at radius 2 is 1.89 bits per heavy atom. The van der Waals surface area contributed by atoms with E-state index in [1.165, 1.54) is 12.1 Å². The van der Waals surface area contributed by atoms with E-state index in [4.69, 9.17) is 4.84 Å². The third-order valence-electron chi connectivity index (χ3n) is 5.01. The molecule has 3 aromatic rings. The quantitative estimate of drug-likeness (QED) is 0.455. The van der Waals surface area contributed by atoms with Gasteiger partial charge in [-0.1, -0.05) is 29.4 Å². The zero-order chi connectivity index (χ0) is 19.9. The monoisotopic (exact) mass is 386 g/mol. The van der Waals surface area contributed by atoms with Gasteiger partial charge in [0.15, 0.2) is 0 Å². The van der Waals surface area contributed by atoms with Crippen LogP contribution in [0, 0.1) is 0 Å². The SMILES string of the molecule is Cn1c2c(c3ccccc31)/C(=N/OC(=O)c1cccc(C(F)(F)F)c1)CCC2. The van der Waals surface area contributed by atoms with Gasteiger partial charge in [0.1, 0.15) is 0 Å². The van der Waals surface area contributed by atoms with Crippen LogP contribution in [0.5, 0.6) is 0 Å². The van der Waals surface area contributed by atoms with Crippen LogP contribution in [-0.4, -0.2) is 16.2 Å². The van der Waals surface area contributed by atoms with Crippen molar-refractivity contribution in [2.45, 2.75) is 25.4 Å². The number of nitrogens with zero attached hydrogens (tertiary/aromatic N) is 2. The highest BCUT2D eigenvalue weighted by Crippen LogP contribution is 2.32. The topological polar surface area (TPSA) is 43.6 Å². The molecule has 0 saturated heterocycles. The molecule has 0 spiro atoms. The van der Waals surface area contributed by atoms with Gasteiger partial charge in [0.25, 0.3) is 0 Å². The summed E-state index contributed by atoms with van der Waals surface area (Å²) in [6, 6.07) is 12.0. The Labute approximate surface area is 159 Å². The molecule has 4 nitrogen and oxygen atoms in total. The number of fused-ring (bicyclic) bond motifs is 3. The number of rotatable bonds is 2. The first-order valence-corrected chi connectivity index (χ1v) is 8.88. The minimum absolute atomic E-state index is 0.187. The van der Waals surface area contributed by atoms with E-state index in [1.54, 1.807) is 0 Å². The van der Waals surface area contributed by atoms with Crippen LogP contribution in [0.2, 0.25) is 0 Å². The largest absolute Gasteiger partial charge is 0.416 e. The number of carbonyl (C=O) groups is 1. The Kier molecular flexibility index (Phi) is 4.45. The lowest BCUT2D eigenvalue weighted by atomic mass is 9.93. The van der Waals surface area contributed by atoms with Crippen LogP contribution < -0.4 is 0 Å². The summed E-state index contributed by atoms with van der Waals surface area (Å²) in [6.07, 6.45) is -2.14. The second kappa shape index (κ2) is 6.82. The standard InChI is InChI=1S/C21H17F3N2O2/c1-26-17-10-3-2-8-15(17)19-16(9-5-11-18(19)26)25-28-20(27)13-6-4-7-14(12-13)21(22,23)24/h2-4,6-8,10,12H,5,9,11H2,1H3/b25-16+. The average Bonchev–Trinajstić information content (AvgIpc) is 2.99. The lowest BCUT2D eigenvalue weighted by Crippen LogP contribution is -2.14. The number of oxime groups is 1. The second-order valence-corrected chi connectivity index (χ2v) is 6.75. The van der Waals surface area contributed by atoms with Crippen LogP contribution in [-0.2, 0) is 24.5 Å². The first kappa shape index (κ1) is 18.3. The molecule has 0 saturated carbocycles. The van der Waals surface area contributed by atoms with E-state index in [0.717, 1.165) is 47.1 Å². The molecule has 0 atom stereocenters. The molecule has 28 heavy (non-hydrogen) atoms. The van der Waals surface area contributed by atoms with Gasteiger partial charge in [-0.3, -0.25) is 0 Å². The molecule has 144 valence electrons. The number of aromatic nitrogens is 1. The van der Waals surface area contributed by atoms with Crippen LogP contribution in [0.1, 0.15) is 40.0 Å². The van der Waals surface area contributed by atoms with Crippen molar-refractivity contribution in [2.24, 2.45) is 12.2 Å². The van der Waals surface area contributed by atoms with E-state index in [0.29, 0.717) is 12.1 Å². The van der Waals surface area contributed by atoms with E-state index in [2.05, 4.69) is 9.72 Å². The zero-order valence-electron chi connectivity index (χ0n) is 15.1. The number of carbonyl (C=O) groups excluding carboxylic acids is 1. The predicted molar refractivity (Wildman–Crippen MR) is 99.3 cm³/mol. The van der Waals surface area contributed by atoms with Gasteiger partial charge in [-0.05, 0) is 43.5 Å². The van der Waals surface area contributed by atoms with Crippen molar-refractivity contribution >= 4 is 22.6 Å². The third kappa shape index (κ3) is 3.17. The van der Waals surface area contributed by atoms with Crippen molar-refractivity contribution in [1.82, 2.24) is 4.57 Å². The molecule has 1 heterocycles. The smallest absolute Gasteiger partial charge is 0.347 e. The molecular weight excluding hydrogens is 369 g/mol. The third-order valence-corrected chi connectivity index (χ3v) is 5.01. The van der Waals surface area contributed by atoms with Gasteiger partial charge in [0.2, 0.25) is 0 Å². The number of hydrogen-bond acceptors (Lipinski definition) is 3. The molecule has 0 amide bonds. The van der Waals surface area contributed by atoms with Crippen LogP contribution in [0.25, 0.3) is 10.9 Å². The molecule has 1 aliphatic rings. The summed E-state index contributed by atoms with van der Waals surface area (Å²) in [4.78, 5) is 17.3. The van der Waals surface area contributed by atoms with Gasteiger partial charge in [-0.2, -0.15) is 13.2 Å². The fourth-order valence-corrected chi connectivity index (χ4v) is 3.67. The Morgan fingerprint density at radius 1 is 1.11 bits per heavy atom. The highest BCUT2D eigenvalue weighted by atomic mass is 19.4. The van der Waals surface area contributed by atoms with E-state index in [9.17, 15) is 18.0 Å². The first-order chi connectivity index (χ1) is 13.4. The highest BCUT2D eigenvalue weighted by Gasteiger charge is 2.31. The van der Waals surface area contributed by atoms with E-state index < -0.39 is 17.7 Å². The second-order valence-electron chi connectivity index (χ2n) is 6.75. The summed E-state index contributed by atoms with van der Waals surface area (Å²) in [5.74, 6) is -0.911. The number of hydrogen-bond donors (Lipinski definition) is 0. The van der Waals surface area contributed by atoms with Crippen molar-refractivity contribution in [3.05, 3.63) is 70.9 Å². The molecule has 0 fully saturated rings. The Balaban J connectivity index is 1.66. The molecule has 0 aliphatic heterocycles. The van der Waals surface area contributed by atoms with Crippen LogP contribution in [0.3, 0.4) is 0 Å². The maximum absolute atomic E-state index is 12.8. The van der Waals surface area contributed by atoms with Gasteiger partial charge >= 0.3 is 12.1 Å².